The van der Waals surface area contributed by atoms with Gasteiger partial charge in [0.05, 0.1) is 12.2 Å². The summed E-state index contributed by atoms with van der Waals surface area (Å²) in [5.41, 5.74) is 0.869. The van der Waals surface area contributed by atoms with E-state index in [1.165, 1.54) is 18.2 Å². The van der Waals surface area contributed by atoms with Crippen LogP contribution in [0.3, 0.4) is 0 Å². The van der Waals surface area contributed by atoms with E-state index in [0.29, 0.717) is 16.8 Å². The van der Waals surface area contributed by atoms with Crippen LogP contribution in [0.15, 0.2) is 46.9 Å². The van der Waals surface area contributed by atoms with E-state index in [1.807, 2.05) is 6.92 Å². The average Bonchev–Trinajstić information content (AvgIpc) is 2.44. The summed E-state index contributed by atoms with van der Waals surface area (Å²) >= 11 is 3.23. The van der Waals surface area contributed by atoms with Crippen molar-refractivity contribution in [2.24, 2.45) is 0 Å². The van der Waals surface area contributed by atoms with Crippen LogP contribution in [-0.2, 0) is 0 Å². The minimum atomic E-state index is -0.454. The van der Waals surface area contributed by atoms with E-state index >= 15 is 0 Å². The summed E-state index contributed by atoms with van der Waals surface area (Å²) in [6.45, 7) is 2.49. The number of halogens is 2. The van der Waals surface area contributed by atoms with E-state index in [4.69, 9.17) is 4.74 Å². The van der Waals surface area contributed by atoms with Crippen molar-refractivity contribution >= 4 is 27.5 Å². The highest BCUT2D eigenvalue weighted by atomic mass is 79.9. The molecule has 0 atom stereocenters. The quantitative estimate of drug-likeness (QED) is 0.906. The van der Waals surface area contributed by atoms with Gasteiger partial charge in [-0.05, 0) is 65.3 Å². The number of hydrogen-bond acceptors (Lipinski definition) is 2. The predicted molar refractivity (Wildman–Crippen MR) is 79.7 cm³/mol. The lowest BCUT2D eigenvalue weighted by atomic mass is 10.2. The molecule has 0 spiro atoms. The molecule has 2 aromatic rings. The van der Waals surface area contributed by atoms with E-state index in [-0.39, 0.29) is 11.5 Å². The van der Waals surface area contributed by atoms with Crippen molar-refractivity contribution in [2.75, 3.05) is 11.9 Å². The van der Waals surface area contributed by atoms with Gasteiger partial charge in [0.25, 0.3) is 5.91 Å². The van der Waals surface area contributed by atoms with Gasteiger partial charge in [-0.15, -0.1) is 0 Å². The summed E-state index contributed by atoms with van der Waals surface area (Å²) in [7, 11) is 0. The SMILES string of the molecule is CCOc1ccc(NC(=O)c2cc(F)ccc2Br)cc1. The van der Waals surface area contributed by atoms with Crippen LogP contribution in [0.1, 0.15) is 17.3 Å². The Bertz CT molecular complexity index is 614. The van der Waals surface area contributed by atoms with Crippen molar-refractivity contribution in [3.05, 3.63) is 58.3 Å². The number of amides is 1. The Morgan fingerprint density at radius 1 is 1.25 bits per heavy atom. The smallest absolute Gasteiger partial charge is 0.256 e. The zero-order chi connectivity index (χ0) is 14.5. The standard InChI is InChI=1S/C15H13BrFNO2/c1-2-20-12-6-4-11(5-7-12)18-15(19)13-9-10(17)3-8-14(13)16/h3-9H,2H2,1H3,(H,18,19). The molecule has 0 heterocycles. The van der Waals surface area contributed by atoms with E-state index in [0.717, 1.165) is 5.75 Å². The number of anilines is 1. The van der Waals surface area contributed by atoms with Crippen LogP contribution < -0.4 is 10.1 Å². The zero-order valence-corrected chi connectivity index (χ0v) is 12.4. The minimum absolute atomic E-state index is 0.249. The minimum Gasteiger partial charge on any atom is -0.494 e. The first-order valence-electron chi connectivity index (χ1n) is 6.09. The van der Waals surface area contributed by atoms with Crippen molar-refractivity contribution in [1.29, 1.82) is 0 Å². The molecule has 0 aromatic heterocycles. The van der Waals surface area contributed by atoms with Crippen LogP contribution in [-0.4, -0.2) is 12.5 Å². The van der Waals surface area contributed by atoms with Gasteiger partial charge in [-0.25, -0.2) is 4.39 Å². The second kappa shape index (κ2) is 6.52. The maximum absolute atomic E-state index is 13.2. The molecule has 0 radical (unpaired) electrons. The van der Waals surface area contributed by atoms with Crippen molar-refractivity contribution in [1.82, 2.24) is 0 Å². The third kappa shape index (κ3) is 3.57. The second-order valence-electron chi connectivity index (χ2n) is 4.04. The molecule has 1 amide bonds. The normalized spacial score (nSPS) is 10.2. The van der Waals surface area contributed by atoms with Gasteiger partial charge in [-0.2, -0.15) is 0 Å². The number of benzene rings is 2. The van der Waals surface area contributed by atoms with Crippen LogP contribution in [0.2, 0.25) is 0 Å². The molecule has 0 fully saturated rings. The van der Waals surface area contributed by atoms with Gasteiger partial charge in [-0.1, -0.05) is 0 Å². The Hall–Kier alpha value is -1.88. The summed E-state index contributed by atoms with van der Waals surface area (Å²) in [5, 5.41) is 2.70. The van der Waals surface area contributed by atoms with Gasteiger partial charge in [0.15, 0.2) is 0 Å². The molecular formula is C15H13BrFNO2. The van der Waals surface area contributed by atoms with Crippen molar-refractivity contribution in [3.63, 3.8) is 0 Å². The second-order valence-corrected chi connectivity index (χ2v) is 4.89. The maximum Gasteiger partial charge on any atom is 0.256 e. The largest absolute Gasteiger partial charge is 0.494 e. The van der Waals surface area contributed by atoms with Crippen LogP contribution in [0.4, 0.5) is 10.1 Å². The summed E-state index contributed by atoms with van der Waals surface area (Å²) < 4.78 is 19.0. The Balaban J connectivity index is 2.13. The first-order chi connectivity index (χ1) is 9.60. The summed E-state index contributed by atoms with van der Waals surface area (Å²) in [4.78, 5) is 12.1. The molecule has 2 aromatic carbocycles. The lowest BCUT2D eigenvalue weighted by Gasteiger charge is -2.08. The molecule has 0 bridgehead atoms. The Labute approximate surface area is 124 Å². The van der Waals surface area contributed by atoms with E-state index in [9.17, 15) is 9.18 Å². The van der Waals surface area contributed by atoms with E-state index in [2.05, 4.69) is 21.2 Å². The zero-order valence-electron chi connectivity index (χ0n) is 10.8. The summed E-state index contributed by atoms with van der Waals surface area (Å²) in [6.07, 6.45) is 0. The molecule has 5 heteroatoms. The lowest BCUT2D eigenvalue weighted by molar-refractivity contribution is 0.102. The molecule has 0 saturated carbocycles. The monoisotopic (exact) mass is 337 g/mol. The molecule has 0 aliphatic carbocycles. The molecule has 2 rings (SSSR count). The first kappa shape index (κ1) is 14.5. The van der Waals surface area contributed by atoms with Gasteiger partial charge >= 0.3 is 0 Å². The number of hydrogen-bond donors (Lipinski definition) is 1. The molecular weight excluding hydrogens is 325 g/mol. The topological polar surface area (TPSA) is 38.3 Å². The van der Waals surface area contributed by atoms with Crippen LogP contribution in [0, 0.1) is 5.82 Å². The molecule has 20 heavy (non-hydrogen) atoms. The van der Waals surface area contributed by atoms with Gasteiger partial charge in [0, 0.05) is 10.2 Å². The van der Waals surface area contributed by atoms with Gasteiger partial charge in [0.2, 0.25) is 0 Å². The number of nitrogens with one attached hydrogen (secondary N) is 1. The third-order valence-corrected chi connectivity index (χ3v) is 3.29. The van der Waals surface area contributed by atoms with Gasteiger partial charge in [0.1, 0.15) is 11.6 Å². The van der Waals surface area contributed by atoms with Crippen molar-refractivity contribution in [2.45, 2.75) is 6.92 Å². The highest BCUT2D eigenvalue weighted by Crippen LogP contribution is 2.21. The number of carbonyl (C=O) groups excluding carboxylic acids is 1. The molecule has 1 N–H and O–H groups in total. The Morgan fingerprint density at radius 3 is 2.60 bits per heavy atom. The number of carbonyl (C=O) groups is 1. The molecule has 3 nitrogen and oxygen atoms in total. The lowest BCUT2D eigenvalue weighted by Crippen LogP contribution is -2.12. The molecule has 104 valence electrons. The first-order valence-corrected chi connectivity index (χ1v) is 6.88. The number of rotatable bonds is 4. The highest BCUT2D eigenvalue weighted by Gasteiger charge is 2.11. The van der Waals surface area contributed by atoms with Gasteiger partial charge in [-0.3, -0.25) is 4.79 Å². The fourth-order valence-electron chi connectivity index (χ4n) is 1.67. The number of ether oxygens (including phenoxy) is 1. The van der Waals surface area contributed by atoms with Crippen LogP contribution in [0.25, 0.3) is 0 Å². The molecule has 0 aliphatic heterocycles. The van der Waals surface area contributed by atoms with Crippen molar-refractivity contribution in [3.8, 4) is 5.75 Å². The Morgan fingerprint density at radius 2 is 1.95 bits per heavy atom. The predicted octanol–water partition coefficient (Wildman–Crippen LogP) is 4.24. The summed E-state index contributed by atoms with van der Waals surface area (Å²) in [6, 6.07) is 11.0. The van der Waals surface area contributed by atoms with E-state index < -0.39 is 5.82 Å². The van der Waals surface area contributed by atoms with Crippen LogP contribution in [0.5, 0.6) is 5.75 Å². The third-order valence-electron chi connectivity index (χ3n) is 2.60. The van der Waals surface area contributed by atoms with Gasteiger partial charge < -0.3 is 10.1 Å². The molecule has 0 saturated heterocycles. The fourth-order valence-corrected chi connectivity index (χ4v) is 2.10. The average molecular weight is 338 g/mol. The highest BCUT2D eigenvalue weighted by molar-refractivity contribution is 9.10. The van der Waals surface area contributed by atoms with Crippen molar-refractivity contribution < 1.29 is 13.9 Å². The molecule has 0 unspecified atom stereocenters. The fraction of sp³-hybridized carbons (Fsp3) is 0.133. The molecule has 0 aliphatic rings. The maximum atomic E-state index is 13.2. The van der Waals surface area contributed by atoms with E-state index in [1.54, 1.807) is 24.3 Å². The summed E-state index contributed by atoms with van der Waals surface area (Å²) in [5.74, 6) is -0.0944. The Kier molecular flexibility index (Phi) is 4.74. The van der Waals surface area contributed by atoms with Crippen LogP contribution >= 0.6 is 15.9 Å².